The van der Waals surface area contributed by atoms with E-state index in [2.05, 4.69) is 35.4 Å². The third-order valence-electron chi connectivity index (χ3n) is 3.06. The number of rotatable bonds is 2. The summed E-state index contributed by atoms with van der Waals surface area (Å²) in [6.45, 7) is 4.87. The number of fused-ring (bicyclic) bond motifs is 1. The van der Waals surface area contributed by atoms with Gasteiger partial charge in [-0.1, -0.05) is 42.1 Å². The Hall–Kier alpha value is -1.90. The summed E-state index contributed by atoms with van der Waals surface area (Å²) < 4.78 is 1.95. The molecule has 1 aromatic heterocycles. The van der Waals surface area contributed by atoms with Crippen LogP contribution in [0, 0.1) is 6.42 Å². The van der Waals surface area contributed by atoms with Crippen molar-refractivity contribution in [3.63, 3.8) is 0 Å². The zero-order chi connectivity index (χ0) is 11.7. The molecule has 3 nitrogen and oxygen atoms in total. The number of hydrogen-bond donors (Lipinski definition) is 0. The predicted octanol–water partition coefficient (Wildman–Crippen LogP) is 2.69. The number of hydrogen-bond acceptors (Lipinski definition) is 2. The van der Waals surface area contributed by atoms with Gasteiger partial charge in [0.25, 0.3) is 0 Å². The van der Waals surface area contributed by atoms with Crippen molar-refractivity contribution in [2.75, 3.05) is 0 Å². The molecule has 0 bridgehead atoms. The van der Waals surface area contributed by atoms with Crippen LogP contribution in [0.25, 0.3) is 5.57 Å². The molecule has 85 valence electrons. The van der Waals surface area contributed by atoms with Crippen molar-refractivity contribution in [1.82, 2.24) is 15.0 Å². The summed E-state index contributed by atoms with van der Waals surface area (Å²) in [6, 6.07) is 10.3. The summed E-state index contributed by atoms with van der Waals surface area (Å²) in [5.41, 5.74) is 4.46. The Balaban J connectivity index is 1.94. The normalized spacial score (nSPS) is 14.7. The second kappa shape index (κ2) is 4.17. The fourth-order valence-corrected chi connectivity index (χ4v) is 2.20. The van der Waals surface area contributed by atoms with E-state index in [0.29, 0.717) is 0 Å². The largest absolute Gasteiger partial charge is 0.240 e. The molecule has 2 aromatic rings. The van der Waals surface area contributed by atoms with E-state index in [4.69, 9.17) is 0 Å². The van der Waals surface area contributed by atoms with Crippen LogP contribution in [0.4, 0.5) is 0 Å². The second-order valence-electron chi connectivity index (χ2n) is 4.31. The molecule has 1 aliphatic carbocycles. The maximum atomic E-state index is 4.22. The minimum absolute atomic E-state index is 0.760. The second-order valence-corrected chi connectivity index (χ2v) is 4.31. The van der Waals surface area contributed by atoms with Gasteiger partial charge in [0.15, 0.2) is 0 Å². The summed E-state index contributed by atoms with van der Waals surface area (Å²) in [4.78, 5) is 0. The van der Waals surface area contributed by atoms with Crippen molar-refractivity contribution < 1.29 is 0 Å². The van der Waals surface area contributed by atoms with Crippen LogP contribution in [0.5, 0.6) is 0 Å². The summed E-state index contributed by atoms with van der Waals surface area (Å²) in [5, 5.41) is 8.42. The van der Waals surface area contributed by atoms with Crippen LogP contribution in [-0.2, 0) is 6.54 Å². The number of aromatic nitrogens is 3. The quantitative estimate of drug-likeness (QED) is 0.785. The van der Waals surface area contributed by atoms with Gasteiger partial charge >= 0.3 is 0 Å². The molecule has 1 aliphatic rings. The summed E-state index contributed by atoms with van der Waals surface area (Å²) in [5.74, 6) is 0. The third kappa shape index (κ3) is 1.88. The molecule has 1 aromatic carbocycles. The zero-order valence-electron chi connectivity index (χ0n) is 9.63. The van der Waals surface area contributed by atoms with Crippen molar-refractivity contribution in [1.29, 1.82) is 0 Å². The lowest BCUT2D eigenvalue weighted by molar-refractivity contribution is 0.641. The average molecular weight is 224 g/mol. The smallest absolute Gasteiger partial charge is 0.0941 e. The predicted molar refractivity (Wildman–Crippen MR) is 67.2 cm³/mol. The minimum atomic E-state index is 0.760. The van der Waals surface area contributed by atoms with Crippen LogP contribution >= 0.6 is 0 Å². The number of benzene rings is 1. The highest BCUT2D eigenvalue weighted by Gasteiger charge is 2.19. The molecular weight excluding hydrogens is 210 g/mol. The van der Waals surface area contributed by atoms with E-state index in [1.54, 1.807) is 0 Å². The summed E-state index contributed by atoms with van der Waals surface area (Å²) in [6.07, 6.45) is 4.17. The molecule has 1 radical (unpaired) electrons. The molecule has 0 saturated heterocycles. The van der Waals surface area contributed by atoms with Crippen molar-refractivity contribution in [2.45, 2.75) is 19.4 Å². The fraction of sp³-hybridized carbons (Fsp3) is 0.214. The van der Waals surface area contributed by atoms with Crippen molar-refractivity contribution in [2.24, 2.45) is 0 Å². The van der Waals surface area contributed by atoms with Crippen molar-refractivity contribution >= 4 is 5.57 Å². The van der Waals surface area contributed by atoms with E-state index in [9.17, 15) is 0 Å². The van der Waals surface area contributed by atoms with Crippen LogP contribution < -0.4 is 0 Å². The Morgan fingerprint density at radius 1 is 1.24 bits per heavy atom. The van der Waals surface area contributed by atoms with Gasteiger partial charge < -0.3 is 0 Å². The van der Waals surface area contributed by atoms with E-state index in [0.717, 1.165) is 36.3 Å². The van der Waals surface area contributed by atoms with Crippen molar-refractivity contribution in [3.05, 3.63) is 60.3 Å². The van der Waals surface area contributed by atoms with Gasteiger partial charge in [-0.2, -0.15) is 0 Å². The van der Waals surface area contributed by atoms with Crippen molar-refractivity contribution in [3.8, 4) is 0 Å². The molecule has 0 aliphatic heterocycles. The molecule has 3 heteroatoms. The van der Waals surface area contributed by atoms with Gasteiger partial charge in [0.2, 0.25) is 0 Å². The lowest BCUT2D eigenvalue weighted by Gasteiger charge is -2.14. The number of nitrogens with zero attached hydrogens (tertiary/aromatic N) is 3. The molecule has 3 rings (SSSR count). The maximum absolute atomic E-state index is 4.22. The van der Waals surface area contributed by atoms with E-state index in [1.807, 2.05) is 22.9 Å². The first kappa shape index (κ1) is 10.3. The highest BCUT2D eigenvalue weighted by Crippen LogP contribution is 2.29. The van der Waals surface area contributed by atoms with E-state index < -0.39 is 0 Å². The van der Waals surface area contributed by atoms with Crippen LogP contribution in [0.3, 0.4) is 0 Å². The Morgan fingerprint density at radius 2 is 2.06 bits per heavy atom. The molecule has 0 N–H and O–H groups in total. The molecule has 0 saturated carbocycles. The Kier molecular flexibility index (Phi) is 2.52. The van der Waals surface area contributed by atoms with Crippen LogP contribution in [0.15, 0.2) is 36.9 Å². The molecule has 0 atom stereocenters. The highest BCUT2D eigenvalue weighted by molar-refractivity contribution is 5.65. The first-order chi connectivity index (χ1) is 8.34. The maximum Gasteiger partial charge on any atom is 0.0941 e. The third-order valence-corrected chi connectivity index (χ3v) is 3.06. The van der Waals surface area contributed by atoms with Gasteiger partial charge in [-0.3, -0.25) is 0 Å². The average Bonchev–Trinajstić information content (AvgIpc) is 2.75. The number of allylic oxidation sites excluding steroid dienone is 1. The monoisotopic (exact) mass is 224 g/mol. The van der Waals surface area contributed by atoms with E-state index >= 15 is 0 Å². The first-order valence-electron chi connectivity index (χ1n) is 5.83. The minimum Gasteiger partial charge on any atom is -0.240 e. The topological polar surface area (TPSA) is 30.7 Å². The lowest BCUT2D eigenvalue weighted by Crippen LogP contribution is -2.08. The van der Waals surface area contributed by atoms with Gasteiger partial charge in [0.1, 0.15) is 0 Å². The molecule has 0 spiro atoms. The first-order valence-corrected chi connectivity index (χ1v) is 5.83. The van der Waals surface area contributed by atoms with Gasteiger partial charge in [-0.25, -0.2) is 4.68 Å². The zero-order valence-corrected chi connectivity index (χ0v) is 9.63. The van der Waals surface area contributed by atoms with E-state index in [-0.39, 0.29) is 0 Å². The summed E-state index contributed by atoms with van der Waals surface area (Å²) >= 11 is 0. The fourth-order valence-electron chi connectivity index (χ4n) is 2.20. The Labute approximate surface area is 101 Å². The molecule has 17 heavy (non-hydrogen) atoms. The van der Waals surface area contributed by atoms with E-state index in [1.165, 1.54) is 5.56 Å². The Bertz CT molecular complexity index is 540. The van der Waals surface area contributed by atoms with Crippen LogP contribution in [0.2, 0.25) is 0 Å². The highest BCUT2D eigenvalue weighted by atomic mass is 15.4. The molecule has 1 heterocycles. The SMILES string of the molecule is C=C1CC[CH]c2nnn(Cc3ccccc3)c21. The van der Waals surface area contributed by atoms with Gasteiger partial charge in [-0.05, 0) is 24.0 Å². The van der Waals surface area contributed by atoms with Gasteiger partial charge in [-0.15, -0.1) is 5.10 Å². The molecule has 0 unspecified atom stereocenters. The molecule has 0 amide bonds. The lowest BCUT2D eigenvalue weighted by atomic mass is 9.96. The van der Waals surface area contributed by atoms with Crippen LogP contribution in [-0.4, -0.2) is 15.0 Å². The van der Waals surface area contributed by atoms with Gasteiger partial charge in [0, 0.05) is 6.42 Å². The molecular formula is C14H14N3. The summed E-state index contributed by atoms with van der Waals surface area (Å²) in [7, 11) is 0. The van der Waals surface area contributed by atoms with Crippen LogP contribution in [0.1, 0.15) is 29.8 Å². The molecule has 0 fully saturated rings. The Morgan fingerprint density at radius 3 is 2.88 bits per heavy atom. The van der Waals surface area contributed by atoms with Gasteiger partial charge in [0.05, 0.1) is 17.9 Å². The standard InChI is InChI=1S/C14H14N3/c1-11-6-5-9-13-14(11)17(16-15-13)10-12-7-3-2-4-8-12/h2-4,7-9H,1,5-6,10H2.